The van der Waals surface area contributed by atoms with E-state index in [1.54, 1.807) is 13.8 Å². The number of para-hydroxylation sites is 1. The Morgan fingerprint density at radius 3 is 2.81 bits per heavy atom. The summed E-state index contributed by atoms with van der Waals surface area (Å²) in [7, 11) is 0. The Bertz CT molecular complexity index is 1490. The molecule has 4 aromatic rings. The number of esters is 1. The van der Waals surface area contributed by atoms with E-state index in [4.69, 9.17) is 4.74 Å². The number of aromatic amines is 1. The summed E-state index contributed by atoms with van der Waals surface area (Å²) < 4.78 is 5.37. The molecule has 2 atom stereocenters. The molecule has 0 saturated heterocycles. The number of hydrogen-bond acceptors (Lipinski definition) is 8. The van der Waals surface area contributed by atoms with Crippen LogP contribution in [0.2, 0.25) is 0 Å². The first-order chi connectivity index (χ1) is 17.7. The molecule has 1 aliphatic rings. The molecule has 0 saturated carbocycles. The molecular formula is C27H31N5O3S2. The average molecular weight is 538 g/mol. The van der Waals surface area contributed by atoms with Crippen molar-refractivity contribution in [3.63, 3.8) is 0 Å². The van der Waals surface area contributed by atoms with Gasteiger partial charge in [0, 0.05) is 15.8 Å². The molecule has 0 spiro atoms. The van der Waals surface area contributed by atoms with Gasteiger partial charge in [0.1, 0.15) is 10.5 Å². The Morgan fingerprint density at radius 2 is 2.05 bits per heavy atom. The van der Waals surface area contributed by atoms with Gasteiger partial charge in [0.05, 0.1) is 17.4 Å². The minimum Gasteiger partial charge on any atom is -0.462 e. The summed E-state index contributed by atoms with van der Waals surface area (Å²) in [5, 5.41) is 13.0. The van der Waals surface area contributed by atoms with E-state index in [2.05, 4.69) is 46.3 Å². The number of anilines is 1. The van der Waals surface area contributed by atoms with Crippen LogP contribution in [0.15, 0.2) is 29.4 Å². The molecule has 2 N–H and O–H groups in total. The minimum atomic E-state index is -0.500. The fraction of sp³-hybridized carbons (Fsp3) is 0.444. The van der Waals surface area contributed by atoms with Crippen LogP contribution < -0.4 is 5.32 Å². The van der Waals surface area contributed by atoms with E-state index in [9.17, 15) is 9.59 Å². The van der Waals surface area contributed by atoms with E-state index in [0.717, 1.165) is 35.7 Å². The maximum atomic E-state index is 13.2. The van der Waals surface area contributed by atoms with E-state index in [1.807, 2.05) is 24.3 Å². The standard InChI is InChI=1S/C27H31N5O3S2/c1-6-35-25(34)20-17-12-11-15(27(3,4)5)13-19(17)37-24(20)30-23(33)14(2)36-26-29-22-21(31-32-26)16-9-7-8-10-18(16)28-22/h7-10,14-15H,6,11-13H2,1-5H3,(H,30,33)(H,28,29,32). The molecule has 1 aliphatic carbocycles. The molecule has 5 rings (SSSR count). The number of benzene rings is 1. The molecule has 8 nitrogen and oxygen atoms in total. The largest absolute Gasteiger partial charge is 0.462 e. The zero-order valence-corrected chi connectivity index (χ0v) is 23.3. The molecule has 1 amide bonds. The number of carbonyl (C=O) groups is 2. The quantitative estimate of drug-likeness (QED) is 0.229. The highest BCUT2D eigenvalue weighted by molar-refractivity contribution is 8.00. The summed E-state index contributed by atoms with van der Waals surface area (Å²) in [6.45, 7) is 10.7. The molecule has 0 aliphatic heterocycles. The van der Waals surface area contributed by atoms with Gasteiger partial charge in [-0.05, 0) is 56.1 Å². The third-order valence-corrected chi connectivity index (χ3v) is 9.08. The zero-order chi connectivity index (χ0) is 26.3. The number of nitrogens with one attached hydrogen (secondary N) is 2. The van der Waals surface area contributed by atoms with Crippen LogP contribution in [-0.4, -0.2) is 43.9 Å². The third-order valence-electron chi connectivity index (χ3n) is 6.96. The summed E-state index contributed by atoms with van der Waals surface area (Å²) in [6, 6.07) is 7.83. The minimum absolute atomic E-state index is 0.181. The number of fused-ring (bicyclic) bond motifs is 4. The number of thiophene rings is 1. The summed E-state index contributed by atoms with van der Waals surface area (Å²) in [5.74, 6) is -0.0700. The fourth-order valence-corrected chi connectivity index (χ4v) is 6.85. The Balaban J connectivity index is 1.36. The average Bonchev–Trinajstić information content (AvgIpc) is 3.40. The predicted octanol–water partition coefficient (Wildman–Crippen LogP) is 6.01. The van der Waals surface area contributed by atoms with Crippen molar-refractivity contribution in [2.45, 2.75) is 64.3 Å². The maximum absolute atomic E-state index is 13.2. The van der Waals surface area contributed by atoms with Crippen molar-refractivity contribution in [3.8, 4) is 0 Å². The third kappa shape index (κ3) is 5.09. The molecule has 10 heteroatoms. The summed E-state index contributed by atoms with van der Waals surface area (Å²) in [6.07, 6.45) is 2.73. The molecule has 0 fully saturated rings. The second-order valence-electron chi connectivity index (χ2n) is 10.4. The lowest BCUT2D eigenvalue weighted by Gasteiger charge is -2.33. The Kier molecular flexibility index (Phi) is 6.97. The fourth-order valence-electron chi connectivity index (χ4n) is 4.81. The summed E-state index contributed by atoms with van der Waals surface area (Å²) in [5.41, 5.74) is 3.99. The Hall–Kier alpha value is -2.98. The van der Waals surface area contributed by atoms with Crippen LogP contribution in [0.3, 0.4) is 0 Å². The van der Waals surface area contributed by atoms with Gasteiger partial charge in [-0.15, -0.1) is 21.5 Å². The normalized spacial score (nSPS) is 16.5. The lowest BCUT2D eigenvalue weighted by molar-refractivity contribution is -0.115. The van der Waals surface area contributed by atoms with Gasteiger partial charge < -0.3 is 15.0 Å². The van der Waals surface area contributed by atoms with Gasteiger partial charge in [0.25, 0.3) is 0 Å². The number of ether oxygens (including phenoxy) is 1. The SMILES string of the molecule is CCOC(=O)c1c(NC(=O)C(C)Sc2nnc3c(n2)[nH]c2ccccc23)sc2c1CCC(C(C)(C)C)C2. The lowest BCUT2D eigenvalue weighted by Crippen LogP contribution is -2.27. The van der Waals surface area contributed by atoms with Crippen molar-refractivity contribution in [2.24, 2.45) is 11.3 Å². The Morgan fingerprint density at radius 1 is 1.27 bits per heavy atom. The van der Waals surface area contributed by atoms with Gasteiger partial charge in [0.2, 0.25) is 11.1 Å². The Labute approximate surface area is 224 Å². The zero-order valence-electron chi connectivity index (χ0n) is 21.7. The maximum Gasteiger partial charge on any atom is 0.341 e. The van der Waals surface area contributed by atoms with E-state index in [0.29, 0.717) is 32.8 Å². The number of H-pyrrole nitrogens is 1. The van der Waals surface area contributed by atoms with Crippen molar-refractivity contribution in [1.82, 2.24) is 20.2 Å². The number of thioether (sulfide) groups is 1. The van der Waals surface area contributed by atoms with Gasteiger partial charge >= 0.3 is 5.97 Å². The van der Waals surface area contributed by atoms with Crippen LogP contribution in [-0.2, 0) is 22.4 Å². The molecular weight excluding hydrogens is 506 g/mol. The summed E-state index contributed by atoms with van der Waals surface area (Å²) in [4.78, 5) is 35.1. The predicted molar refractivity (Wildman–Crippen MR) is 148 cm³/mol. The van der Waals surface area contributed by atoms with Crippen molar-refractivity contribution < 1.29 is 14.3 Å². The number of hydrogen-bond donors (Lipinski definition) is 2. The van der Waals surface area contributed by atoms with Crippen LogP contribution >= 0.6 is 23.1 Å². The van der Waals surface area contributed by atoms with Gasteiger partial charge in [0.15, 0.2) is 5.65 Å². The molecule has 3 heterocycles. The highest BCUT2D eigenvalue weighted by Gasteiger charge is 2.35. The first kappa shape index (κ1) is 25.7. The van der Waals surface area contributed by atoms with Crippen molar-refractivity contribution in [3.05, 3.63) is 40.3 Å². The molecule has 0 bridgehead atoms. The smallest absolute Gasteiger partial charge is 0.341 e. The van der Waals surface area contributed by atoms with Crippen molar-refractivity contribution >= 4 is 62.0 Å². The van der Waals surface area contributed by atoms with Crippen LogP contribution in [0.1, 0.15) is 61.8 Å². The van der Waals surface area contributed by atoms with Gasteiger partial charge in [-0.25, -0.2) is 9.78 Å². The van der Waals surface area contributed by atoms with Crippen LogP contribution in [0, 0.1) is 11.3 Å². The van der Waals surface area contributed by atoms with E-state index in [-0.39, 0.29) is 23.9 Å². The first-order valence-electron chi connectivity index (χ1n) is 12.6. The monoisotopic (exact) mass is 537 g/mol. The molecule has 37 heavy (non-hydrogen) atoms. The number of amides is 1. The number of nitrogens with zero attached hydrogens (tertiary/aromatic N) is 3. The van der Waals surface area contributed by atoms with Crippen LogP contribution in [0.25, 0.3) is 22.1 Å². The van der Waals surface area contributed by atoms with Crippen LogP contribution in [0.4, 0.5) is 5.00 Å². The second kappa shape index (κ2) is 10.1. The van der Waals surface area contributed by atoms with Crippen LogP contribution in [0.5, 0.6) is 0 Å². The molecule has 194 valence electrons. The molecule has 3 aromatic heterocycles. The topological polar surface area (TPSA) is 110 Å². The van der Waals surface area contributed by atoms with Gasteiger partial charge in [-0.3, -0.25) is 4.79 Å². The highest BCUT2D eigenvalue weighted by atomic mass is 32.2. The van der Waals surface area contributed by atoms with E-state index in [1.165, 1.54) is 28.0 Å². The second-order valence-corrected chi connectivity index (χ2v) is 12.9. The lowest BCUT2D eigenvalue weighted by atomic mass is 9.72. The molecule has 1 aromatic carbocycles. The highest BCUT2D eigenvalue weighted by Crippen LogP contribution is 2.44. The number of carbonyl (C=O) groups excluding carboxylic acids is 2. The summed E-state index contributed by atoms with van der Waals surface area (Å²) >= 11 is 2.73. The van der Waals surface area contributed by atoms with Gasteiger partial charge in [-0.2, -0.15) is 0 Å². The van der Waals surface area contributed by atoms with Gasteiger partial charge in [-0.1, -0.05) is 50.7 Å². The van der Waals surface area contributed by atoms with Crippen molar-refractivity contribution in [2.75, 3.05) is 11.9 Å². The number of rotatable bonds is 6. The number of aromatic nitrogens is 4. The van der Waals surface area contributed by atoms with E-state index >= 15 is 0 Å². The first-order valence-corrected chi connectivity index (χ1v) is 14.3. The van der Waals surface area contributed by atoms with Crippen molar-refractivity contribution in [1.29, 1.82) is 0 Å². The van der Waals surface area contributed by atoms with E-state index < -0.39 is 5.25 Å². The molecule has 0 radical (unpaired) electrons. The molecule has 2 unspecified atom stereocenters.